The minimum atomic E-state index is -0.271. The molecule has 0 radical (unpaired) electrons. The van der Waals surface area contributed by atoms with Crippen LogP contribution in [0.2, 0.25) is 0 Å². The van der Waals surface area contributed by atoms with Crippen molar-refractivity contribution in [3.05, 3.63) is 24.3 Å². The Morgan fingerprint density at radius 3 is 3.00 bits per heavy atom. The maximum Gasteiger partial charge on any atom is 0.230 e. The molecular weight excluding hydrogens is 256 g/mol. The van der Waals surface area contributed by atoms with E-state index < -0.39 is 0 Å². The van der Waals surface area contributed by atoms with Gasteiger partial charge in [0.1, 0.15) is 0 Å². The van der Waals surface area contributed by atoms with Crippen molar-refractivity contribution in [2.24, 2.45) is 5.92 Å². The highest BCUT2D eigenvalue weighted by molar-refractivity contribution is 5.95. The lowest BCUT2D eigenvalue weighted by Crippen LogP contribution is -2.40. The molecule has 2 heterocycles. The molecular formula is C14H16N4O2. The summed E-state index contributed by atoms with van der Waals surface area (Å²) in [7, 11) is 1.76. The van der Waals surface area contributed by atoms with Gasteiger partial charge in [-0.2, -0.15) is 0 Å². The van der Waals surface area contributed by atoms with E-state index >= 15 is 0 Å². The van der Waals surface area contributed by atoms with Crippen molar-refractivity contribution in [2.45, 2.75) is 12.8 Å². The second-order valence-corrected chi connectivity index (χ2v) is 5.10. The monoisotopic (exact) mass is 272 g/mol. The van der Waals surface area contributed by atoms with Crippen molar-refractivity contribution in [1.82, 2.24) is 14.9 Å². The van der Waals surface area contributed by atoms with Crippen molar-refractivity contribution >= 4 is 28.8 Å². The molecule has 1 atom stereocenters. The van der Waals surface area contributed by atoms with E-state index in [0.29, 0.717) is 18.9 Å². The number of hydrogen-bond acceptors (Lipinski definition) is 3. The summed E-state index contributed by atoms with van der Waals surface area (Å²) in [5.41, 5.74) is 1.68. The summed E-state index contributed by atoms with van der Waals surface area (Å²) in [5.74, 6) is 0.0287. The second-order valence-electron chi connectivity index (χ2n) is 5.10. The van der Waals surface area contributed by atoms with E-state index in [2.05, 4.69) is 15.3 Å². The predicted molar refractivity (Wildman–Crippen MR) is 75.1 cm³/mol. The van der Waals surface area contributed by atoms with Gasteiger partial charge in [0.25, 0.3) is 0 Å². The number of likely N-dealkylation sites (tertiary alicyclic amines) is 1. The molecule has 0 spiro atoms. The van der Waals surface area contributed by atoms with E-state index in [-0.39, 0.29) is 24.2 Å². The van der Waals surface area contributed by atoms with Crippen molar-refractivity contribution in [2.75, 3.05) is 18.9 Å². The van der Waals surface area contributed by atoms with Crippen LogP contribution in [0.25, 0.3) is 11.0 Å². The largest absolute Gasteiger partial charge is 0.346 e. The summed E-state index contributed by atoms with van der Waals surface area (Å²) < 4.78 is 0. The molecule has 6 heteroatoms. The van der Waals surface area contributed by atoms with Gasteiger partial charge in [-0.1, -0.05) is 12.1 Å². The lowest BCUT2D eigenvalue weighted by molar-refractivity contribution is -0.137. The van der Waals surface area contributed by atoms with Crippen molar-refractivity contribution in [3.8, 4) is 0 Å². The van der Waals surface area contributed by atoms with Crippen LogP contribution >= 0.6 is 0 Å². The number of hydrogen-bond donors (Lipinski definition) is 2. The van der Waals surface area contributed by atoms with Crippen LogP contribution in [0.5, 0.6) is 0 Å². The lowest BCUT2D eigenvalue weighted by Gasteiger charge is -2.27. The number of nitrogens with zero attached hydrogens (tertiary/aromatic N) is 2. The van der Waals surface area contributed by atoms with Gasteiger partial charge in [-0.25, -0.2) is 4.98 Å². The van der Waals surface area contributed by atoms with Crippen LogP contribution < -0.4 is 5.32 Å². The van der Waals surface area contributed by atoms with E-state index in [4.69, 9.17) is 0 Å². The highest BCUT2D eigenvalue weighted by atomic mass is 16.2. The summed E-state index contributed by atoms with van der Waals surface area (Å²) in [4.78, 5) is 32.8. The number of carbonyl (C=O) groups excluding carboxylic acids is 2. The Balaban J connectivity index is 1.71. The Kier molecular flexibility index (Phi) is 3.14. The Morgan fingerprint density at radius 1 is 1.45 bits per heavy atom. The average molecular weight is 272 g/mol. The minimum absolute atomic E-state index is 0.0148. The van der Waals surface area contributed by atoms with E-state index in [1.165, 1.54) is 0 Å². The Hall–Kier alpha value is -2.37. The van der Waals surface area contributed by atoms with Crippen LogP contribution in [-0.4, -0.2) is 40.3 Å². The molecule has 2 amide bonds. The number of para-hydroxylation sites is 2. The minimum Gasteiger partial charge on any atom is -0.346 e. The molecule has 1 fully saturated rings. The highest BCUT2D eigenvalue weighted by Crippen LogP contribution is 2.20. The molecule has 1 saturated heterocycles. The first-order valence-corrected chi connectivity index (χ1v) is 6.63. The highest BCUT2D eigenvalue weighted by Gasteiger charge is 2.28. The maximum absolute atomic E-state index is 12.2. The number of benzene rings is 1. The number of carbonyl (C=O) groups is 2. The first kappa shape index (κ1) is 12.7. The summed E-state index contributed by atoms with van der Waals surface area (Å²) >= 11 is 0. The SMILES string of the molecule is CN1CCC(C(=O)Nc2nc3ccccc3[nH]2)CC1=O. The van der Waals surface area contributed by atoms with Gasteiger partial charge < -0.3 is 9.88 Å². The third-order valence-corrected chi connectivity index (χ3v) is 3.66. The topological polar surface area (TPSA) is 78.1 Å². The first-order chi connectivity index (χ1) is 9.63. The summed E-state index contributed by atoms with van der Waals surface area (Å²) in [6, 6.07) is 7.57. The van der Waals surface area contributed by atoms with Crippen LogP contribution in [0, 0.1) is 5.92 Å². The van der Waals surface area contributed by atoms with Crippen LogP contribution in [0.15, 0.2) is 24.3 Å². The fourth-order valence-electron chi connectivity index (χ4n) is 2.40. The number of aromatic nitrogens is 2. The predicted octanol–water partition coefficient (Wildman–Crippen LogP) is 1.37. The van der Waals surface area contributed by atoms with Gasteiger partial charge in [-0.15, -0.1) is 0 Å². The number of piperidine rings is 1. The van der Waals surface area contributed by atoms with Gasteiger partial charge in [-0.05, 0) is 18.6 Å². The van der Waals surface area contributed by atoms with Gasteiger partial charge in [0.15, 0.2) is 0 Å². The molecule has 0 aliphatic carbocycles. The molecule has 2 N–H and O–H groups in total. The van der Waals surface area contributed by atoms with Crippen LogP contribution in [0.1, 0.15) is 12.8 Å². The van der Waals surface area contributed by atoms with Crippen LogP contribution in [0.4, 0.5) is 5.95 Å². The average Bonchev–Trinajstić information content (AvgIpc) is 2.83. The molecule has 20 heavy (non-hydrogen) atoms. The van der Waals surface area contributed by atoms with E-state index in [0.717, 1.165) is 11.0 Å². The number of aromatic amines is 1. The zero-order chi connectivity index (χ0) is 14.1. The van der Waals surface area contributed by atoms with Gasteiger partial charge in [0, 0.05) is 25.9 Å². The van der Waals surface area contributed by atoms with Gasteiger partial charge >= 0.3 is 0 Å². The van der Waals surface area contributed by atoms with Crippen LogP contribution in [-0.2, 0) is 9.59 Å². The Labute approximate surface area is 116 Å². The molecule has 3 rings (SSSR count). The molecule has 1 unspecified atom stereocenters. The number of imidazole rings is 1. The lowest BCUT2D eigenvalue weighted by atomic mass is 9.96. The third kappa shape index (κ3) is 2.36. The number of fused-ring (bicyclic) bond motifs is 1. The number of rotatable bonds is 2. The number of H-pyrrole nitrogens is 1. The van der Waals surface area contributed by atoms with E-state index in [1.807, 2.05) is 24.3 Å². The Morgan fingerprint density at radius 2 is 2.25 bits per heavy atom. The first-order valence-electron chi connectivity index (χ1n) is 6.63. The Bertz CT molecular complexity index is 631. The number of nitrogens with one attached hydrogen (secondary N) is 2. The fourth-order valence-corrected chi connectivity index (χ4v) is 2.40. The number of anilines is 1. The molecule has 0 saturated carbocycles. The fraction of sp³-hybridized carbons (Fsp3) is 0.357. The molecule has 104 valence electrons. The zero-order valence-electron chi connectivity index (χ0n) is 11.2. The van der Waals surface area contributed by atoms with Crippen LogP contribution in [0.3, 0.4) is 0 Å². The quantitative estimate of drug-likeness (QED) is 0.866. The second kappa shape index (κ2) is 4.96. The molecule has 6 nitrogen and oxygen atoms in total. The smallest absolute Gasteiger partial charge is 0.230 e. The van der Waals surface area contributed by atoms with E-state index in [9.17, 15) is 9.59 Å². The van der Waals surface area contributed by atoms with Crippen molar-refractivity contribution in [1.29, 1.82) is 0 Å². The summed E-state index contributed by atoms with van der Waals surface area (Å²) in [6.45, 7) is 0.622. The molecule has 1 aromatic heterocycles. The van der Waals surface area contributed by atoms with Crippen molar-refractivity contribution in [3.63, 3.8) is 0 Å². The molecule has 1 aliphatic heterocycles. The maximum atomic E-state index is 12.2. The van der Waals surface area contributed by atoms with Gasteiger partial charge in [-0.3, -0.25) is 14.9 Å². The molecule has 0 bridgehead atoms. The van der Waals surface area contributed by atoms with Crippen molar-refractivity contribution < 1.29 is 9.59 Å². The molecule has 1 aliphatic rings. The summed E-state index contributed by atoms with van der Waals surface area (Å²) in [6.07, 6.45) is 0.955. The third-order valence-electron chi connectivity index (χ3n) is 3.66. The van der Waals surface area contributed by atoms with Gasteiger partial charge in [0.2, 0.25) is 17.8 Å². The molecule has 2 aromatic rings. The normalized spacial score (nSPS) is 19.4. The summed E-state index contributed by atoms with van der Waals surface area (Å²) in [5, 5.41) is 2.76. The number of amides is 2. The van der Waals surface area contributed by atoms with Gasteiger partial charge in [0.05, 0.1) is 11.0 Å². The molecule has 1 aromatic carbocycles. The van der Waals surface area contributed by atoms with E-state index in [1.54, 1.807) is 11.9 Å². The standard InChI is InChI=1S/C14H16N4O2/c1-18-7-6-9(8-12(18)19)13(20)17-14-15-10-4-2-3-5-11(10)16-14/h2-5,9H,6-8H2,1H3,(H2,15,16,17,20). The zero-order valence-corrected chi connectivity index (χ0v) is 11.2.